The van der Waals surface area contributed by atoms with E-state index in [1.54, 1.807) is 0 Å². The minimum Gasteiger partial charge on any atom is -0.387 e. The smallest absolute Gasteiger partial charge is 0.0880 e. The molecule has 0 amide bonds. The Hall–Kier alpha value is -0.120. The Balaban J connectivity index is 2.24. The molecule has 1 unspecified atom stereocenters. The molecule has 3 heteroatoms. The summed E-state index contributed by atoms with van der Waals surface area (Å²) >= 11 is 0. The van der Waals surface area contributed by atoms with E-state index in [1.807, 2.05) is 6.92 Å². The van der Waals surface area contributed by atoms with Crippen molar-refractivity contribution in [3.05, 3.63) is 0 Å². The largest absolute Gasteiger partial charge is 0.387 e. The van der Waals surface area contributed by atoms with E-state index in [4.69, 9.17) is 10.5 Å². The van der Waals surface area contributed by atoms with Crippen molar-refractivity contribution < 1.29 is 9.84 Å². The summed E-state index contributed by atoms with van der Waals surface area (Å²) in [5.74, 6) is 0. The fraction of sp³-hybridized carbons (Fsp3) is 1.00. The summed E-state index contributed by atoms with van der Waals surface area (Å²) in [6.45, 7) is 5.02. The third kappa shape index (κ3) is 4.49. The highest BCUT2D eigenvalue weighted by molar-refractivity contribution is 4.83. The lowest BCUT2D eigenvalue weighted by atomic mass is 9.85. The molecule has 1 rings (SSSR count). The van der Waals surface area contributed by atoms with E-state index in [2.05, 4.69) is 6.92 Å². The second-order valence-corrected chi connectivity index (χ2v) is 5.29. The molecule has 0 bridgehead atoms. The second kappa shape index (κ2) is 5.28. The highest BCUT2D eigenvalue weighted by Gasteiger charge is 2.30. The van der Waals surface area contributed by atoms with Gasteiger partial charge in [0.1, 0.15) is 0 Å². The average Bonchev–Trinajstić information content (AvgIpc) is 2.18. The van der Waals surface area contributed by atoms with Gasteiger partial charge in [0.2, 0.25) is 0 Å². The lowest BCUT2D eigenvalue weighted by Gasteiger charge is -2.33. The molecule has 0 radical (unpaired) electrons. The zero-order chi connectivity index (χ0) is 11.4. The molecule has 0 aromatic rings. The van der Waals surface area contributed by atoms with Crippen LogP contribution in [-0.4, -0.2) is 29.5 Å². The fourth-order valence-corrected chi connectivity index (χ4v) is 1.93. The molecule has 90 valence electrons. The first kappa shape index (κ1) is 12.9. The van der Waals surface area contributed by atoms with Gasteiger partial charge in [-0.25, -0.2) is 0 Å². The van der Waals surface area contributed by atoms with Gasteiger partial charge in [0.05, 0.1) is 18.8 Å². The molecule has 1 saturated carbocycles. The van der Waals surface area contributed by atoms with Crippen molar-refractivity contribution in [3.63, 3.8) is 0 Å². The standard InChI is InChI=1S/C12H25NO2/c1-3-11(2,13)9-15-10-12(14)7-5-4-6-8-12/h14H,3-10,13H2,1-2H3. The molecule has 15 heavy (non-hydrogen) atoms. The summed E-state index contributed by atoms with van der Waals surface area (Å²) < 4.78 is 5.56. The quantitative estimate of drug-likeness (QED) is 0.735. The minimum absolute atomic E-state index is 0.259. The van der Waals surface area contributed by atoms with Gasteiger partial charge in [-0.2, -0.15) is 0 Å². The van der Waals surface area contributed by atoms with Crippen LogP contribution in [0.2, 0.25) is 0 Å². The first-order valence-corrected chi connectivity index (χ1v) is 6.06. The van der Waals surface area contributed by atoms with E-state index in [1.165, 1.54) is 6.42 Å². The van der Waals surface area contributed by atoms with Crippen LogP contribution in [0.3, 0.4) is 0 Å². The summed E-state index contributed by atoms with van der Waals surface area (Å²) in [6, 6.07) is 0. The molecule has 1 aliphatic rings. The topological polar surface area (TPSA) is 55.5 Å². The highest BCUT2D eigenvalue weighted by atomic mass is 16.5. The van der Waals surface area contributed by atoms with Crippen LogP contribution in [0.15, 0.2) is 0 Å². The maximum absolute atomic E-state index is 10.2. The SMILES string of the molecule is CCC(C)(N)COCC1(O)CCCCC1. The zero-order valence-corrected chi connectivity index (χ0v) is 10.1. The molecule has 0 aliphatic heterocycles. The van der Waals surface area contributed by atoms with Crippen molar-refractivity contribution in [2.24, 2.45) is 5.73 Å². The fourth-order valence-electron chi connectivity index (χ4n) is 1.93. The van der Waals surface area contributed by atoms with Crippen LogP contribution < -0.4 is 5.73 Å². The number of aliphatic hydroxyl groups is 1. The van der Waals surface area contributed by atoms with Crippen LogP contribution >= 0.6 is 0 Å². The first-order valence-electron chi connectivity index (χ1n) is 6.06. The third-order valence-electron chi connectivity index (χ3n) is 3.39. The number of ether oxygens (including phenoxy) is 1. The second-order valence-electron chi connectivity index (χ2n) is 5.29. The summed E-state index contributed by atoms with van der Waals surface area (Å²) in [7, 11) is 0. The van der Waals surface area contributed by atoms with Gasteiger partial charge in [0.15, 0.2) is 0 Å². The Bertz CT molecular complexity index is 186. The van der Waals surface area contributed by atoms with E-state index in [0.717, 1.165) is 32.1 Å². The van der Waals surface area contributed by atoms with Crippen molar-refractivity contribution >= 4 is 0 Å². The van der Waals surface area contributed by atoms with Gasteiger partial charge in [-0.05, 0) is 26.2 Å². The van der Waals surface area contributed by atoms with Crippen LogP contribution in [0.4, 0.5) is 0 Å². The monoisotopic (exact) mass is 215 g/mol. The average molecular weight is 215 g/mol. The van der Waals surface area contributed by atoms with Crippen molar-refractivity contribution in [2.75, 3.05) is 13.2 Å². The molecule has 3 N–H and O–H groups in total. The summed E-state index contributed by atoms with van der Waals surface area (Å²) in [4.78, 5) is 0. The van der Waals surface area contributed by atoms with Crippen LogP contribution in [0, 0.1) is 0 Å². The van der Waals surface area contributed by atoms with E-state index in [-0.39, 0.29) is 5.54 Å². The van der Waals surface area contributed by atoms with Gasteiger partial charge in [0.25, 0.3) is 0 Å². The predicted octanol–water partition coefficient (Wildman–Crippen LogP) is 1.83. The molecule has 1 atom stereocenters. The van der Waals surface area contributed by atoms with Gasteiger partial charge in [-0.3, -0.25) is 0 Å². The van der Waals surface area contributed by atoms with E-state index in [0.29, 0.717) is 13.2 Å². The Morgan fingerprint density at radius 1 is 1.33 bits per heavy atom. The molecule has 0 spiro atoms. The van der Waals surface area contributed by atoms with E-state index >= 15 is 0 Å². The van der Waals surface area contributed by atoms with Crippen LogP contribution in [0.1, 0.15) is 52.4 Å². The summed E-state index contributed by atoms with van der Waals surface area (Å²) in [5.41, 5.74) is 5.13. The number of hydrogen-bond acceptors (Lipinski definition) is 3. The lowest BCUT2D eigenvalue weighted by Crippen LogP contribution is -2.43. The van der Waals surface area contributed by atoms with Gasteiger partial charge in [0, 0.05) is 5.54 Å². The van der Waals surface area contributed by atoms with Gasteiger partial charge in [-0.15, -0.1) is 0 Å². The Morgan fingerprint density at radius 3 is 2.47 bits per heavy atom. The molecule has 1 fully saturated rings. The highest BCUT2D eigenvalue weighted by Crippen LogP contribution is 2.28. The molecule has 0 heterocycles. The molecule has 3 nitrogen and oxygen atoms in total. The van der Waals surface area contributed by atoms with Crippen molar-refractivity contribution in [1.29, 1.82) is 0 Å². The molecule has 0 saturated heterocycles. The summed E-state index contributed by atoms with van der Waals surface area (Å²) in [6.07, 6.45) is 6.12. The van der Waals surface area contributed by atoms with E-state index in [9.17, 15) is 5.11 Å². The Morgan fingerprint density at radius 2 is 1.93 bits per heavy atom. The van der Waals surface area contributed by atoms with E-state index < -0.39 is 5.60 Å². The Kier molecular flexibility index (Phi) is 4.56. The number of nitrogens with two attached hydrogens (primary N) is 1. The van der Waals surface area contributed by atoms with Crippen molar-refractivity contribution in [2.45, 2.75) is 63.5 Å². The number of rotatable bonds is 5. The normalized spacial score (nSPS) is 24.8. The van der Waals surface area contributed by atoms with Gasteiger partial charge in [-0.1, -0.05) is 26.2 Å². The Labute approximate surface area is 93.0 Å². The predicted molar refractivity (Wildman–Crippen MR) is 61.7 cm³/mol. The molecular weight excluding hydrogens is 190 g/mol. The lowest BCUT2D eigenvalue weighted by molar-refractivity contribution is -0.0758. The maximum atomic E-state index is 10.2. The zero-order valence-electron chi connectivity index (χ0n) is 10.1. The van der Waals surface area contributed by atoms with Crippen LogP contribution in [0.5, 0.6) is 0 Å². The van der Waals surface area contributed by atoms with Crippen molar-refractivity contribution in [1.82, 2.24) is 0 Å². The minimum atomic E-state index is -0.581. The van der Waals surface area contributed by atoms with Crippen LogP contribution in [0.25, 0.3) is 0 Å². The maximum Gasteiger partial charge on any atom is 0.0880 e. The third-order valence-corrected chi connectivity index (χ3v) is 3.39. The first-order chi connectivity index (χ1) is 6.97. The molecule has 0 aromatic carbocycles. The van der Waals surface area contributed by atoms with Gasteiger partial charge >= 0.3 is 0 Å². The molecule has 1 aliphatic carbocycles. The molecular formula is C12H25NO2. The van der Waals surface area contributed by atoms with Crippen molar-refractivity contribution in [3.8, 4) is 0 Å². The number of hydrogen-bond donors (Lipinski definition) is 2. The molecule has 0 aromatic heterocycles. The van der Waals surface area contributed by atoms with Gasteiger partial charge < -0.3 is 15.6 Å². The summed E-state index contributed by atoms with van der Waals surface area (Å²) in [5, 5.41) is 10.2. The van der Waals surface area contributed by atoms with Crippen LogP contribution in [-0.2, 0) is 4.74 Å².